The second-order valence-corrected chi connectivity index (χ2v) is 10.5. The molecule has 0 radical (unpaired) electrons. The molecule has 0 aliphatic carbocycles. The van der Waals surface area contributed by atoms with Crippen LogP contribution in [-0.2, 0) is 4.79 Å². The van der Waals surface area contributed by atoms with Crippen LogP contribution in [0.3, 0.4) is 0 Å². The van der Waals surface area contributed by atoms with Gasteiger partial charge in [-0.15, -0.1) is 24.8 Å². The van der Waals surface area contributed by atoms with Crippen molar-refractivity contribution in [3.63, 3.8) is 0 Å². The molecule has 2 amide bonds. The van der Waals surface area contributed by atoms with Crippen molar-refractivity contribution < 1.29 is 18.7 Å². The molecule has 0 aromatic heterocycles. The summed E-state index contributed by atoms with van der Waals surface area (Å²) in [6.07, 6.45) is 8.93. The second kappa shape index (κ2) is 13.8. The van der Waals surface area contributed by atoms with Crippen molar-refractivity contribution in [1.29, 1.82) is 0 Å². The van der Waals surface area contributed by atoms with Gasteiger partial charge in [-0.3, -0.25) is 9.80 Å². The Hall–Kier alpha value is -1.85. The predicted octanol–water partition coefficient (Wildman–Crippen LogP) is 4.69. The van der Waals surface area contributed by atoms with E-state index in [9.17, 15) is 14.0 Å². The SMILES string of the molecule is Cl.Cl.O=C1N=C(N2CCCCN2)S/C1=C/c1cc(F)ccc1OC(=O)N1CCC(N2CCCCC2)CC1. The molecule has 4 aliphatic heterocycles. The van der Waals surface area contributed by atoms with E-state index in [-0.39, 0.29) is 36.5 Å². The fraction of sp³-hybridized carbons (Fsp3) is 0.560. The minimum atomic E-state index is -0.465. The van der Waals surface area contributed by atoms with Crippen molar-refractivity contribution in [2.75, 3.05) is 39.3 Å². The molecular formula is C25H34Cl2FN5O3S. The molecule has 204 valence electrons. The predicted molar refractivity (Wildman–Crippen MR) is 149 cm³/mol. The zero-order valence-electron chi connectivity index (χ0n) is 20.7. The highest BCUT2D eigenvalue weighted by Crippen LogP contribution is 2.33. The lowest BCUT2D eigenvalue weighted by molar-refractivity contribution is -0.113. The number of halogens is 3. The van der Waals surface area contributed by atoms with Crippen molar-refractivity contribution in [2.45, 2.75) is 51.0 Å². The van der Waals surface area contributed by atoms with Gasteiger partial charge in [0, 0.05) is 37.8 Å². The van der Waals surface area contributed by atoms with Crippen molar-refractivity contribution in [2.24, 2.45) is 4.99 Å². The minimum absolute atomic E-state index is 0. The van der Waals surface area contributed by atoms with Crippen LogP contribution in [0.25, 0.3) is 6.08 Å². The largest absolute Gasteiger partial charge is 0.415 e. The summed E-state index contributed by atoms with van der Waals surface area (Å²) in [5.41, 5.74) is 3.58. The Morgan fingerprint density at radius 1 is 1.05 bits per heavy atom. The van der Waals surface area contributed by atoms with Crippen LogP contribution in [0.1, 0.15) is 50.5 Å². The first-order chi connectivity index (χ1) is 17.1. The van der Waals surface area contributed by atoms with E-state index in [1.165, 1.54) is 49.2 Å². The molecule has 0 spiro atoms. The molecule has 0 bridgehead atoms. The van der Waals surface area contributed by atoms with Crippen LogP contribution < -0.4 is 10.2 Å². The summed E-state index contributed by atoms with van der Waals surface area (Å²) < 4.78 is 19.8. The van der Waals surface area contributed by atoms with Crippen LogP contribution in [0, 0.1) is 5.82 Å². The molecule has 0 unspecified atom stereocenters. The van der Waals surface area contributed by atoms with E-state index in [0.29, 0.717) is 34.8 Å². The van der Waals surface area contributed by atoms with Gasteiger partial charge in [-0.25, -0.2) is 14.6 Å². The zero-order valence-corrected chi connectivity index (χ0v) is 23.1. The molecule has 4 aliphatic rings. The summed E-state index contributed by atoms with van der Waals surface area (Å²) in [7, 11) is 0. The summed E-state index contributed by atoms with van der Waals surface area (Å²) in [6, 6.07) is 4.51. The van der Waals surface area contributed by atoms with Gasteiger partial charge in [0.25, 0.3) is 5.91 Å². The van der Waals surface area contributed by atoms with Gasteiger partial charge in [0.1, 0.15) is 11.6 Å². The number of nitrogens with zero attached hydrogens (tertiary/aromatic N) is 4. The van der Waals surface area contributed by atoms with E-state index in [0.717, 1.165) is 51.9 Å². The Morgan fingerprint density at radius 2 is 1.78 bits per heavy atom. The number of piperidine rings is 2. The molecule has 8 nitrogen and oxygen atoms in total. The molecule has 3 fully saturated rings. The van der Waals surface area contributed by atoms with Crippen molar-refractivity contribution in [1.82, 2.24) is 20.2 Å². The molecule has 0 atom stereocenters. The number of aliphatic imine (C=N–C) groups is 1. The van der Waals surface area contributed by atoms with Crippen LogP contribution in [0.4, 0.5) is 9.18 Å². The summed E-state index contributed by atoms with van der Waals surface area (Å²) >= 11 is 1.24. The molecule has 5 rings (SSSR count). The molecular weight excluding hydrogens is 540 g/mol. The maximum absolute atomic E-state index is 14.1. The number of benzene rings is 1. The lowest BCUT2D eigenvalue weighted by atomic mass is 10.0. The molecule has 4 heterocycles. The Balaban J connectivity index is 0.00000190. The van der Waals surface area contributed by atoms with E-state index in [4.69, 9.17) is 4.74 Å². The van der Waals surface area contributed by atoms with E-state index in [1.807, 2.05) is 5.01 Å². The normalized spacial score (nSPS) is 22.4. The maximum atomic E-state index is 14.1. The number of hydrogen-bond acceptors (Lipinski definition) is 7. The monoisotopic (exact) mass is 573 g/mol. The number of nitrogens with one attached hydrogen (secondary N) is 1. The van der Waals surface area contributed by atoms with Crippen LogP contribution in [0.15, 0.2) is 28.1 Å². The summed E-state index contributed by atoms with van der Waals surface area (Å²) in [5, 5.41) is 2.47. The number of carbonyl (C=O) groups is 2. The standard InChI is InChI=1S/C25H32FN5O3S.2ClH/c26-19-6-7-21(34-25(33)30-14-8-20(9-15-30)29-11-3-1-4-12-29)18(16-19)17-22-23(32)28-24(35-22)31-13-5-2-10-27-31;;/h6-7,16-17,20,27H,1-5,8-15H2;2*1H/b22-17+;;. The highest BCUT2D eigenvalue weighted by molar-refractivity contribution is 8.18. The third kappa shape index (κ3) is 7.38. The third-order valence-electron chi connectivity index (χ3n) is 7.04. The number of thioether (sulfide) groups is 1. The Kier molecular flexibility index (Phi) is 11.1. The number of likely N-dealkylation sites (tertiary alicyclic amines) is 2. The molecule has 12 heteroatoms. The average Bonchev–Trinajstić information content (AvgIpc) is 3.26. The highest BCUT2D eigenvalue weighted by atomic mass is 35.5. The van der Waals surface area contributed by atoms with Gasteiger partial charge in [-0.1, -0.05) is 6.42 Å². The summed E-state index contributed by atoms with van der Waals surface area (Å²) in [5.74, 6) is -0.605. The number of hydrogen-bond donors (Lipinski definition) is 1. The van der Waals surface area contributed by atoms with Crippen molar-refractivity contribution in [3.8, 4) is 5.75 Å². The van der Waals surface area contributed by atoms with E-state index in [1.54, 1.807) is 11.0 Å². The Bertz CT molecular complexity index is 1020. The second-order valence-electron chi connectivity index (χ2n) is 9.44. The first kappa shape index (κ1) is 29.7. The average molecular weight is 575 g/mol. The Morgan fingerprint density at radius 3 is 2.49 bits per heavy atom. The van der Waals surface area contributed by atoms with Crippen molar-refractivity contribution >= 4 is 59.8 Å². The van der Waals surface area contributed by atoms with Gasteiger partial charge < -0.3 is 14.5 Å². The number of hydrazine groups is 1. The van der Waals surface area contributed by atoms with Gasteiger partial charge in [-0.2, -0.15) is 4.99 Å². The Labute approximate surface area is 233 Å². The van der Waals surface area contributed by atoms with Gasteiger partial charge >= 0.3 is 6.09 Å². The first-order valence-corrected chi connectivity index (χ1v) is 13.4. The number of amidine groups is 1. The van der Waals surface area contributed by atoms with Gasteiger partial charge in [0.15, 0.2) is 5.17 Å². The molecule has 37 heavy (non-hydrogen) atoms. The van der Waals surface area contributed by atoms with Crippen LogP contribution in [0.5, 0.6) is 5.75 Å². The first-order valence-electron chi connectivity index (χ1n) is 12.6. The fourth-order valence-electron chi connectivity index (χ4n) is 5.09. The molecule has 1 N–H and O–H groups in total. The van der Waals surface area contributed by atoms with Crippen molar-refractivity contribution in [3.05, 3.63) is 34.5 Å². The number of rotatable bonds is 3. The van der Waals surface area contributed by atoms with E-state index >= 15 is 0 Å². The third-order valence-corrected chi connectivity index (χ3v) is 8.04. The van der Waals surface area contributed by atoms with E-state index in [2.05, 4.69) is 15.3 Å². The lowest BCUT2D eigenvalue weighted by Gasteiger charge is -2.39. The smallest absolute Gasteiger partial charge is 0.410 e. The molecule has 1 aromatic carbocycles. The summed E-state index contributed by atoms with van der Waals surface area (Å²) in [6.45, 7) is 5.21. The quantitative estimate of drug-likeness (QED) is 0.525. The van der Waals surface area contributed by atoms with Crippen LogP contribution in [0.2, 0.25) is 0 Å². The van der Waals surface area contributed by atoms with Gasteiger partial charge in [-0.05, 0) is 87.7 Å². The zero-order chi connectivity index (χ0) is 24.2. The minimum Gasteiger partial charge on any atom is -0.410 e. The van der Waals surface area contributed by atoms with E-state index < -0.39 is 11.9 Å². The topological polar surface area (TPSA) is 77.5 Å². The molecule has 1 aromatic rings. The highest BCUT2D eigenvalue weighted by Gasteiger charge is 2.30. The lowest BCUT2D eigenvalue weighted by Crippen LogP contribution is -2.48. The van der Waals surface area contributed by atoms with Crippen LogP contribution in [-0.4, -0.2) is 77.3 Å². The molecule has 3 saturated heterocycles. The summed E-state index contributed by atoms with van der Waals surface area (Å²) in [4.78, 5) is 34.2. The fourth-order valence-corrected chi connectivity index (χ4v) is 6.00. The number of amides is 2. The molecule has 0 saturated carbocycles. The maximum Gasteiger partial charge on any atom is 0.415 e. The van der Waals surface area contributed by atoms with Gasteiger partial charge in [0.05, 0.1) is 4.91 Å². The number of carbonyl (C=O) groups excluding carboxylic acids is 2. The van der Waals surface area contributed by atoms with Crippen LogP contribution >= 0.6 is 36.6 Å². The van der Waals surface area contributed by atoms with Gasteiger partial charge in [0.2, 0.25) is 0 Å². The number of ether oxygens (including phenoxy) is 1.